The van der Waals surface area contributed by atoms with Gasteiger partial charge in [0.1, 0.15) is 6.07 Å². The third-order valence-electron chi connectivity index (χ3n) is 0.848. The fraction of sp³-hybridized carbons (Fsp3) is 0.333. The Bertz CT molecular complexity index is 225. The van der Waals surface area contributed by atoms with Crippen LogP contribution in [0.3, 0.4) is 0 Å². The molecule has 60 valence electrons. The highest BCUT2D eigenvalue weighted by molar-refractivity contribution is 7.84. The lowest BCUT2D eigenvalue weighted by molar-refractivity contribution is -0.138. The smallest absolute Gasteiger partial charge is 0.351 e. The second-order valence-electron chi connectivity index (χ2n) is 1.59. The van der Waals surface area contributed by atoms with Crippen molar-refractivity contribution in [3.63, 3.8) is 0 Å². The Morgan fingerprint density at radius 1 is 1.82 bits per heavy atom. The van der Waals surface area contributed by atoms with Crippen LogP contribution in [-0.2, 0) is 9.53 Å². The molecular weight excluding hydrogens is 164 g/mol. The minimum atomic E-state index is -0.734. The van der Waals surface area contributed by atoms with Gasteiger partial charge in [-0.05, 0) is 6.92 Å². The molecule has 0 aliphatic carbocycles. The number of carbonyl (C=O) groups excluding carboxylic acids is 1. The van der Waals surface area contributed by atoms with Gasteiger partial charge < -0.3 is 10.5 Å². The SMILES string of the molecule is CCOC(=O)C(C#N)=C(N)S. The van der Waals surface area contributed by atoms with E-state index in [0.29, 0.717) is 0 Å². The van der Waals surface area contributed by atoms with Crippen molar-refractivity contribution in [2.45, 2.75) is 6.92 Å². The number of thiol groups is 1. The Kier molecular flexibility index (Phi) is 4.15. The lowest BCUT2D eigenvalue weighted by atomic mass is 10.3. The van der Waals surface area contributed by atoms with Crippen LogP contribution in [0.15, 0.2) is 10.6 Å². The van der Waals surface area contributed by atoms with E-state index in [1.165, 1.54) is 0 Å². The quantitative estimate of drug-likeness (QED) is 0.269. The number of nitriles is 1. The zero-order valence-electron chi connectivity index (χ0n) is 6.00. The highest BCUT2D eigenvalue weighted by atomic mass is 32.1. The fourth-order valence-corrected chi connectivity index (χ4v) is 0.552. The molecule has 0 saturated heterocycles. The molecule has 2 N–H and O–H groups in total. The van der Waals surface area contributed by atoms with Crippen LogP contribution in [0, 0.1) is 11.3 Å². The van der Waals surface area contributed by atoms with E-state index in [0.717, 1.165) is 0 Å². The van der Waals surface area contributed by atoms with Crippen molar-refractivity contribution in [2.75, 3.05) is 6.61 Å². The average Bonchev–Trinajstić information content (AvgIpc) is 1.88. The van der Waals surface area contributed by atoms with Crippen molar-refractivity contribution in [3.8, 4) is 6.07 Å². The van der Waals surface area contributed by atoms with E-state index >= 15 is 0 Å². The number of rotatable bonds is 2. The molecule has 0 fully saturated rings. The summed E-state index contributed by atoms with van der Waals surface area (Å²) in [5, 5.41) is 8.24. The molecule has 0 aromatic carbocycles. The predicted octanol–water partition coefficient (Wildman–Crippen LogP) is 0.173. The summed E-state index contributed by atoms with van der Waals surface area (Å²) in [5.74, 6) is -0.734. The van der Waals surface area contributed by atoms with E-state index in [1.807, 2.05) is 0 Å². The standard InChI is InChI=1S/C6H8N2O2S/c1-2-10-6(9)4(3-7)5(8)11/h11H,2,8H2,1H3. The summed E-state index contributed by atoms with van der Waals surface area (Å²) in [6.07, 6.45) is 0. The van der Waals surface area contributed by atoms with Gasteiger partial charge in [-0.15, -0.1) is 12.6 Å². The van der Waals surface area contributed by atoms with Crippen molar-refractivity contribution in [1.29, 1.82) is 5.26 Å². The molecule has 0 radical (unpaired) electrons. The summed E-state index contributed by atoms with van der Waals surface area (Å²) < 4.78 is 4.51. The summed E-state index contributed by atoms with van der Waals surface area (Å²) in [6.45, 7) is 1.85. The fourth-order valence-electron chi connectivity index (χ4n) is 0.411. The number of carbonyl (C=O) groups is 1. The average molecular weight is 172 g/mol. The number of esters is 1. The van der Waals surface area contributed by atoms with E-state index in [4.69, 9.17) is 11.0 Å². The Morgan fingerprint density at radius 2 is 2.36 bits per heavy atom. The topological polar surface area (TPSA) is 76.1 Å². The van der Waals surface area contributed by atoms with E-state index in [-0.39, 0.29) is 17.2 Å². The largest absolute Gasteiger partial charge is 0.462 e. The third-order valence-corrected chi connectivity index (χ3v) is 1.07. The molecule has 0 unspecified atom stereocenters. The van der Waals surface area contributed by atoms with Crippen LogP contribution in [0.4, 0.5) is 0 Å². The third kappa shape index (κ3) is 2.96. The molecule has 0 aromatic heterocycles. The maximum Gasteiger partial charge on any atom is 0.351 e. The van der Waals surface area contributed by atoms with Gasteiger partial charge in [-0.1, -0.05) is 0 Å². The zero-order valence-corrected chi connectivity index (χ0v) is 6.89. The van der Waals surface area contributed by atoms with Crippen molar-refractivity contribution >= 4 is 18.6 Å². The molecule has 0 aliphatic rings. The number of nitrogens with two attached hydrogens (primary N) is 1. The van der Waals surface area contributed by atoms with Crippen LogP contribution in [0.2, 0.25) is 0 Å². The first kappa shape index (κ1) is 9.85. The predicted molar refractivity (Wildman–Crippen MR) is 42.4 cm³/mol. The van der Waals surface area contributed by atoms with Gasteiger partial charge in [0, 0.05) is 0 Å². The van der Waals surface area contributed by atoms with Gasteiger partial charge in [0.25, 0.3) is 0 Å². The summed E-state index contributed by atoms with van der Waals surface area (Å²) in [4.78, 5) is 10.8. The summed E-state index contributed by atoms with van der Waals surface area (Å²) in [5.41, 5.74) is 4.84. The monoisotopic (exact) mass is 172 g/mol. The van der Waals surface area contributed by atoms with E-state index in [9.17, 15) is 4.79 Å². The molecule has 0 saturated carbocycles. The molecule has 0 atom stereocenters. The Morgan fingerprint density at radius 3 is 2.64 bits per heavy atom. The number of hydrogen-bond acceptors (Lipinski definition) is 5. The van der Waals surface area contributed by atoms with Crippen LogP contribution in [0.1, 0.15) is 6.92 Å². The number of nitrogens with zero attached hydrogens (tertiary/aromatic N) is 1. The first-order chi connectivity index (χ1) is 5.13. The van der Waals surface area contributed by atoms with Gasteiger partial charge in [0.05, 0.1) is 11.6 Å². The Balaban J connectivity index is 4.45. The lowest BCUT2D eigenvalue weighted by Gasteiger charge is -1.99. The van der Waals surface area contributed by atoms with Gasteiger partial charge in [0.2, 0.25) is 0 Å². The molecular formula is C6H8N2O2S. The lowest BCUT2D eigenvalue weighted by Crippen LogP contribution is -2.10. The van der Waals surface area contributed by atoms with Gasteiger partial charge in [0.15, 0.2) is 5.57 Å². The normalized spacial score (nSPS) is 11.4. The molecule has 0 amide bonds. The molecule has 0 aromatic rings. The first-order valence-electron chi connectivity index (χ1n) is 2.89. The van der Waals surface area contributed by atoms with E-state index < -0.39 is 5.97 Å². The Labute approximate surface area is 70.0 Å². The molecule has 4 nitrogen and oxygen atoms in total. The second kappa shape index (κ2) is 4.63. The minimum Gasteiger partial charge on any atom is -0.462 e. The van der Waals surface area contributed by atoms with Crippen molar-refractivity contribution in [3.05, 3.63) is 10.6 Å². The zero-order chi connectivity index (χ0) is 8.85. The minimum absolute atomic E-state index is 0.119. The molecule has 0 rings (SSSR count). The van der Waals surface area contributed by atoms with Crippen molar-refractivity contribution in [2.24, 2.45) is 5.73 Å². The molecule has 0 heterocycles. The van der Waals surface area contributed by atoms with Crippen LogP contribution in [-0.4, -0.2) is 12.6 Å². The first-order valence-corrected chi connectivity index (χ1v) is 3.34. The van der Waals surface area contributed by atoms with Gasteiger partial charge in [-0.25, -0.2) is 4.79 Å². The Hall–Kier alpha value is -1.15. The van der Waals surface area contributed by atoms with Crippen LogP contribution in [0.25, 0.3) is 0 Å². The van der Waals surface area contributed by atoms with E-state index in [2.05, 4.69) is 17.4 Å². The van der Waals surface area contributed by atoms with Crippen LogP contribution < -0.4 is 5.73 Å². The van der Waals surface area contributed by atoms with E-state index in [1.54, 1.807) is 13.0 Å². The van der Waals surface area contributed by atoms with Crippen LogP contribution in [0.5, 0.6) is 0 Å². The molecule has 0 aliphatic heterocycles. The molecule has 11 heavy (non-hydrogen) atoms. The highest BCUT2D eigenvalue weighted by Gasteiger charge is 2.11. The number of ether oxygens (including phenoxy) is 1. The summed E-state index contributed by atoms with van der Waals surface area (Å²) >= 11 is 3.64. The second-order valence-corrected chi connectivity index (χ2v) is 2.07. The summed E-state index contributed by atoms with van der Waals surface area (Å²) in [7, 11) is 0. The van der Waals surface area contributed by atoms with Crippen LogP contribution >= 0.6 is 12.6 Å². The number of hydrogen-bond donors (Lipinski definition) is 2. The van der Waals surface area contributed by atoms with Crippen molar-refractivity contribution < 1.29 is 9.53 Å². The molecule has 5 heteroatoms. The van der Waals surface area contributed by atoms with Gasteiger partial charge in [-0.2, -0.15) is 5.26 Å². The van der Waals surface area contributed by atoms with Gasteiger partial charge in [-0.3, -0.25) is 0 Å². The van der Waals surface area contributed by atoms with Gasteiger partial charge >= 0.3 is 5.97 Å². The maximum atomic E-state index is 10.8. The molecule has 0 bridgehead atoms. The molecule has 0 spiro atoms. The summed E-state index contributed by atoms with van der Waals surface area (Å²) in [6, 6.07) is 1.59. The maximum absolute atomic E-state index is 10.8. The highest BCUT2D eigenvalue weighted by Crippen LogP contribution is 2.03. The van der Waals surface area contributed by atoms with Crippen molar-refractivity contribution in [1.82, 2.24) is 0 Å².